The van der Waals surface area contributed by atoms with Crippen molar-refractivity contribution in [2.45, 2.75) is 18.8 Å². The molecular formula is C9H9NS. The van der Waals surface area contributed by atoms with Gasteiger partial charge in [0.1, 0.15) is 0 Å². The maximum absolute atomic E-state index is 8.86. The third-order valence-electron chi connectivity index (χ3n) is 2.08. The fourth-order valence-corrected chi connectivity index (χ4v) is 2.16. The minimum absolute atomic E-state index is 0.190. The fraction of sp³-hybridized carbons (Fsp3) is 0.444. The van der Waals surface area contributed by atoms with Crippen LogP contribution in [0.1, 0.15) is 23.6 Å². The van der Waals surface area contributed by atoms with Crippen molar-refractivity contribution >= 4 is 11.3 Å². The van der Waals surface area contributed by atoms with E-state index in [2.05, 4.69) is 12.1 Å². The van der Waals surface area contributed by atoms with E-state index in [9.17, 15) is 0 Å². The lowest BCUT2D eigenvalue weighted by Crippen LogP contribution is -1.93. The summed E-state index contributed by atoms with van der Waals surface area (Å²) < 4.78 is 0. The molecule has 1 aliphatic rings. The Hall–Kier alpha value is -0.810. The van der Waals surface area contributed by atoms with Gasteiger partial charge in [0.05, 0.1) is 12.0 Å². The molecular weight excluding hydrogens is 154 g/mol. The predicted octanol–water partition coefficient (Wildman–Crippen LogP) is 2.77. The molecule has 0 radical (unpaired) electrons. The van der Waals surface area contributed by atoms with Gasteiger partial charge in [0.25, 0.3) is 0 Å². The fourth-order valence-electron chi connectivity index (χ4n) is 1.30. The monoisotopic (exact) mass is 163 g/mol. The molecule has 1 aliphatic carbocycles. The van der Waals surface area contributed by atoms with Gasteiger partial charge in [0.15, 0.2) is 0 Å². The van der Waals surface area contributed by atoms with Gasteiger partial charge in [-0.15, -0.1) is 11.3 Å². The highest BCUT2D eigenvalue weighted by molar-refractivity contribution is 7.10. The highest BCUT2D eigenvalue weighted by Crippen LogP contribution is 2.43. The summed E-state index contributed by atoms with van der Waals surface area (Å²) in [5.74, 6) is 0.855. The lowest BCUT2D eigenvalue weighted by molar-refractivity contribution is 0.753. The zero-order valence-corrected chi connectivity index (χ0v) is 6.97. The molecule has 1 nitrogen and oxygen atoms in total. The second kappa shape index (κ2) is 2.67. The summed E-state index contributed by atoms with van der Waals surface area (Å²) in [6.45, 7) is 0. The van der Waals surface area contributed by atoms with Gasteiger partial charge in [-0.05, 0) is 30.2 Å². The molecule has 0 aromatic carbocycles. The largest absolute Gasteiger partial charge is 0.198 e. The highest BCUT2D eigenvalue weighted by atomic mass is 32.1. The van der Waals surface area contributed by atoms with Crippen LogP contribution in [0.25, 0.3) is 0 Å². The molecule has 1 heterocycles. The summed E-state index contributed by atoms with van der Waals surface area (Å²) in [6.07, 6.45) is 2.49. The van der Waals surface area contributed by atoms with Gasteiger partial charge < -0.3 is 0 Å². The first kappa shape index (κ1) is 6.87. The maximum Gasteiger partial charge on any atom is 0.0834 e. The Labute approximate surface area is 70.3 Å². The summed E-state index contributed by atoms with van der Waals surface area (Å²) in [5.41, 5.74) is 0. The molecule has 2 rings (SSSR count). The molecule has 0 amide bonds. The van der Waals surface area contributed by atoms with Crippen LogP contribution in [0, 0.1) is 17.2 Å². The third-order valence-corrected chi connectivity index (χ3v) is 3.04. The summed E-state index contributed by atoms with van der Waals surface area (Å²) >= 11 is 1.70. The number of rotatable bonds is 2. The van der Waals surface area contributed by atoms with Crippen LogP contribution in [0.15, 0.2) is 17.5 Å². The maximum atomic E-state index is 8.86. The smallest absolute Gasteiger partial charge is 0.0834 e. The molecule has 0 bridgehead atoms. The van der Waals surface area contributed by atoms with Crippen molar-refractivity contribution in [3.8, 4) is 6.07 Å². The van der Waals surface area contributed by atoms with Crippen LogP contribution < -0.4 is 0 Å². The molecule has 2 heteroatoms. The Morgan fingerprint density at radius 1 is 1.64 bits per heavy atom. The number of nitriles is 1. The van der Waals surface area contributed by atoms with E-state index in [0.717, 1.165) is 0 Å². The van der Waals surface area contributed by atoms with Crippen molar-refractivity contribution in [3.63, 3.8) is 0 Å². The number of thiophene rings is 1. The van der Waals surface area contributed by atoms with Gasteiger partial charge in [-0.25, -0.2) is 0 Å². The third kappa shape index (κ3) is 1.29. The molecule has 0 spiro atoms. The van der Waals surface area contributed by atoms with E-state index in [1.807, 2.05) is 11.4 Å². The van der Waals surface area contributed by atoms with Crippen molar-refractivity contribution < 1.29 is 0 Å². The van der Waals surface area contributed by atoms with Gasteiger partial charge in [-0.1, -0.05) is 6.07 Å². The molecule has 0 aliphatic heterocycles. The summed E-state index contributed by atoms with van der Waals surface area (Å²) in [4.78, 5) is 1.25. The van der Waals surface area contributed by atoms with E-state index in [1.165, 1.54) is 17.7 Å². The topological polar surface area (TPSA) is 23.8 Å². The van der Waals surface area contributed by atoms with Gasteiger partial charge >= 0.3 is 0 Å². The second-order valence-corrected chi connectivity index (χ2v) is 3.94. The molecule has 1 aromatic heterocycles. The minimum atomic E-state index is 0.190. The Kier molecular flexibility index (Phi) is 1.67. The predicted molar refractivity (Wildman–Crippen MR) is 45.4 cm³/mol. The van der Waals surface area contributed by atoms with E-state index >= 15 is 0 Å². The number of hydrogen-bond acceptors (Lipinski definition) is 2. The lowest BCUT2D eigenvalue weighted by atomic mass is 10.0. The van der Waals surface area contributed by atoms with Crippen LogP contribution >= 0.6 is 11.3 Å². The van der Waals surface area contributed by atoms with Gasteiger partial charge in [0, 0.05) is 4.88 Å². The SMILES string of the molecule is N#CC(c1cccs1)C1CC1. The van der Waals surface area contributed by atoms with Crippen LogP contribution in [0.2, 0.25) is 0 Å². The summed E-state index contributed by atoms with van der Waals surface area (Å²) in [7, 11) is 0. The van der Waals surface area contributed by atoms with Crippen molar-refractivity contribution in [1.29, 1.82) is 5.26 Å². The van der Waals surface area contributed by atoms with Crippen LogP contribution in [0.5, 0.6) is 0 Å². The van der Waals surface area contributed by atoms with Crippen LogP contribution in [0.4, 0.5) is 0 Å². The van der Waals surface area contributed by atoms with E-state index < -0.39 is 0 Å². The van der Waals surface area contributed by atoms with E-state index in [4.69, 9.17) is 5.26 Å². The van der Waals surface area contributed by atoms with Crippen LogP contribution in [-0.4, -0.2) is 0 Å². The van der Waals surface area contributed by atoms with Crippen LogP contribution in [0.3, 0.4) is 0 Å². The zero-order chi connectivity index (χ0) is 7.68. The zero-order valence-electron chi connectivity index (χ0n) is 6.16. The van der Waals surface area contributed by atoms with Crippen molar-refractivity contribution in [2.75, 3.05) is 0 Å². The lowest BCUT2D eigenvalue weighted by Gasteiger charge is -2.01. The first-order chi connectivity index (χ1) is 5.42. The van der Waals surface area contributed by atoms with Crippen molar-refractivity contribution in [3.05, 3.63) is 22.4 Å². The average Bonchev–Trinajstić information content (AvgIpc) is 2.68. The quantitative estimate of drug-likeness (QED) is 0.657. The molecule has 1 unspecified atom stereocenters. The molecule has 0 saturated heterocycles. The number of hydrogen-bond donors (Lipinski definition) is 0. The first-order valence-electron chi connectivity index (χ1n) is 3.85. The van der Waals surface area contributed by atoms with Gasteiger partial charge in [-0.3, -0.25) is 0 Å². The summed E-state index contributed by atoms with van der Waals surface area (Å²) in [5, 5.41) is 10.9. The standard InChI is InChI=1S/C9H9NS/c10-6-8(7-3-4-7)9-2-1-5-11-9/h1-2,5,7-8H,3-4H2. The molecule has 1 fully saturated rings. The molecule has 1 saturated carbocycles. The summed E-state index contributed by atoms with van der Waals surface area (Å²) in [6, 6.07) is 6.46. The Morgan fingerprint density at radius 3 is 2.91 bits per heavy atom. The molecule has 56 valence electrons. The Bertz CT molecular complexity index is 266. The molecule has 11 heavy (non-hydrogen) atoms. The molecule has 1 aromatic rings. The minimum Gasteiger partial charge on any atom is -0.198 e. The first-order valence-corrected chi connectivity index (χ1v) is 4.73. The van der Waals surface area contributed by atoms with Gasteiger partial charge in [0.2, 0.25) is 0 Å². The number of nitrogens with zero attached hydrogens (tertiary/aromatic N) is 1. The van der Waals surface area contributed by atoms with Gasteiger partial charge in [-0.2, -0.15) is 5.26 Å². The second-order valence-electron chi connectivity index (χ2n) is 2.96. The van der Waals surface area contributed by atoms with Crippen LogP contribution in [-0.2, 0) is 0 Å². The van der Waals surface area contributed by atoms with E-state index in [1.54, 1.807) is 11.3 Å². The van der Waals surface area contributed by atoms with Crippen molar-refractivity contribution in [2.24, 2.45) is 5.92 Å². The molecule has 0 N–H and O–H groups in total. The normalized spacial score (nSPS) is 19.2. The highest BCUT2D eigenvalue weighted by Gasteiger charge is 2.32. The van der Waals surface area contributed by atoms with E-state index in [0.29, 0.717) is 5.92 Å². The molecule has 1 atom stereocenters. The average molecular weight is 163 g/mol. The van der Waals surface area contributed by atoms with Crippen molar-refractivity contribution in [1.82, 2.24) is 0 Å². The van der Waals surface area contributed by atoms with E-state index in [-0.39, 0.29) is 5.92 Å². The Balaban J connectivity index is 2.19. The Morgan fingerprint density at radius 2 is 2.45 bits per heavy atom.